The van der Waals surface area contributed by atoms with E-state index in [0.717, 1.165) is 41.5 Å². The van der Waals surface area contributed by atoms with E-state index in [4.69, 9.17) is 26.8 Å². The van der Waals surface area contributed by atoms with Gasteiger partial charge >= 0.3 is 0 Å². The van der Waals surface area contributed by atoms with Crippen LogP contribution in [-0.4, -0.2) is 31.3 Å². The highest BCUT2D eigenvalue weighted by Gasteiger charge is 2.17. The molecule has 4 nitrogen and oxygen atoms in total. The van der Waals surface area contributed by atoms with E-state index >= 15 is 0 Å². The summed E-state index contributed by atoms with van der Waals surface area (Å²) < 4.78 is 10.9. The molecule has 1 aromatic rings. The highest BCUT2D eigenvalue weighted by Crippen LogP contribution is 2.32. The summed E-state index contributed by atoms with van der Waals surface area (Å²) in [5.41, 5.74) is 7.74. The van der Waals surface area contributed by atoms with Crippen LogP contribution in [0.15, 0.2) is 12.1 Å². The third-order valence-electron chi connectivity index (χ3n) is 3.04. The Bertz CT molecular complexity index is 412. The van der Waals surface area contributed by atoms with Gasteiger partial charge in [-0.1, -0.05) is 18.5 Å². The van der Waals surface area contributed by atoms with Crippen LogP contribution in [-0.2, 0) is 17.9 Å². The minimum absolute atomic E-state index is 0.310. The lowest BCUT2D eigenvalue weighted by Crippen LogP contribution is -2.29. The van der Waals surface area contributed by atoms with E-state index in [1.54, 1.807) is 0 Å². The standard InChI is InChI=1S/C13H19ClN2O2/c1-2-16(4-3-15)7-10-5-12(14)6-11-8-17-9-18-13(10)11/h5-6H,2-4,7-9,15H2,1H3. The molecule has 100 valence electrons. The monoisotopic (exact) mass is 270 g/mol. The van der Waals surface area contributed by atoms with Gasteiger partial charge in [-0.25, -0.2) is 0 Å². The highest BCUT2D eigenvalue weighted by molar-refractivity contribution is 6.30. The molecule has 0 spiro atoms. The topological polar surface area (TPSA) is 47.7 Å². The normalized spacial score (nSPS) is 14.4. The molecule has 0 atom stereocenters. The van der Waals surface area contributed by atoms with Crippen molar-refractivity contribution in [3.8, 4) is 5.75 Å². The molecule has 1 aliphatic rings. The zero-order valence-corrected chi connectivity index (χ0v) is 11.4. The Labute approximate surface area is 113 Å². The largest absolute Gasteiger partial charge is 0.467 e. The second kappa shape index (κ2) is 6.38. The molecule has 18 heavy (non-hydrogen) atoms. The van der Waals surface area contributed by atoms with Crippen LogP contribution in [0.25, 0.3) is 0 Å². The van der Waals surface area contributed by atoms with Gasteiger partial charge in [0.05, 0.1) is 6.61 Å². The van der Waals surface area contributed by atoms with Crippen LogP contribution in [0, 0.1) is 0 Å². The van der Waals surface area contributed by atoms with E-state index in [1.807, 2.05) is 12.1 Å². The molecule has 0 saturated heterocycles. The number of halogens is 1. The first-order valence-electron chi connectivity index (χ1n) is 6.18. The van der Waals surface area contributed by atoms with Crippen molar-refractivity contribution in [2.24, 2.45) is 5.73 Å². The Hall–Kier alpha value is -0.810. The van der Waals surface area contributed by atoms with Gasteiger partial charge in [0.25, 0.3) is 0 Å². The molecule has 0 aliphatic carbocycles. The molecular formula is C13H19ClN2O2. The predicted molar refractivity (Wildman–Crippen MR) is 71.7 cm³/mol. The maximum atomic E-state index is 6.13. The first kappa shape index (κ1) is 13.6. The molecule has 0 radical (unpaired) electrons. The molecule has 1 aromatic carbocycles. The third kappa shape index (κ3) is 3.14. The maximum Gasteiger partial charge on any atom is 0.189 e. The SMILES string of the molecule is CCN(CCN)Cc1cc(Cl)cc2c1OCOC2. The Balaban J connectivity index is 2.23. The summed E-state index contributed by atoms with van der Waals surface area (Å²) >= 11 is 6.13. The summed E-state index contributed by atoms with van der Waals surface area (Å²) in [6, 6.07) is 3.86. The lowest BCUT2D eigenvalue weighted by atomic mass is 10.1. The molecule has 0 aromatic heterocycles. The van der Waals surface area contributed by atoms with Gasteiger partial charge in [0.15, 0.2) is 6.79 Å². The number of benzene rings is 1. The van der Waals surface area contributed by atoms with Crippen LogP contribution in [0.3, 0.4) is 0 Å². The van der Waals surface area contributed by atoms with Gasteiger partial charge in [-0.2, -0.15) is 0 Å². The van der Waals surface area contributed by atoms with Crippen molar-refractivity contribution in [2.45, 2.75) is 20.1 Å². The summed E-state index contributed by atoms with van der Waals surface area (Å²) in [6.45, 7) is 6.27. The number of likely N-dealkylation sites (N-methyl/N-ethyl adjacent to an activating group) is 1. The lowest BCUT2D eigenvalue weighted by Gasteiger charge is -2.25. The Morgan fingerprint density at radius 2 is 2.28 bits per heavy atom. The smallest absolute Gasteiger partial charge is 0.189 e. The first-order valence-corrected chi connectivity index (χ1v) is 6.56. The molecule has 1 heterocycles. The molecule has 0 fully saturated rings. The van der Waals surface area contributed by atoms with Crippen molar-refractivity contribution in [3.63, 3.8) is 0 Å². The van der Waals surface area contributed by atoms with Gasteiger partial charge in [-0.15, -0.1) is 0 Å². The molecule has 5 heteroatoms. The van der Waals surface area contributed by atoms with E-state index in [2.05, 4.69) is 11.8 Å². The van der Waals surface area contributed by atoms with Crippen LogP contribution in [0.2, 0.25) is 5.02 Å². The first-order chi connectivity index (χ1) is 8.74. The van der Waals surface area contributed by atoms with Crippen LogP contribution in [0.4, 0.5) is 0 Å². The fraction of sp³-hybridized carbons (Fsp3) is 0.538. The van der Waals surface area contributed by atoms with Crippen LogP contribution >= 0.6 is 11.6 Å². The minimum Gasteiger partial charge on any atom is -0.467 e. The quantitative estimate of drug-likeness (QED) is 0.889. The van der Waals surface area contributed by atoms with Crippen molar-refractivity contribution < 1.29 is 9.47 Å². The molecule has 0 amide bonds. The van der Waals surface area contributed by atoms with Crippen molar-refractivity contribution in [1.29, 1.82) is 0 Å². The molecule has 0 saturated carbocycles. The van der Waals surface area contributed by atoms with E-state index in [-0.39, 0.29) is 0 Å². The fourth-order valence-corrected chi connectivity index (χ4v) is 2.41. The number of hydrogen-bond donors (Lipinski definition) is 1. The summed E-state index contributed by atoms with van der Waals surface area (Å²) in [7, 11) is 0. The molecule has 2 rings (SSSR count). The molecular weight excluding hydrogens is 252 g/mol. The highest BCUT2D eigenvalue weighted by atomic mass is 35.5. The average Bonchev–Trinajstić information content (AvgIpc) is 2.38. The number of rotatable bonds is 5. The van der Waals surface area contributed by atoms with Crippen molar-refractivity contribution in [1.82, 2.24) is 4.90 Å². The summed E-state index contributed by atoms with van der Waals surface area (Å²) in [6.07, 6.45) is 0. The summed E-state index contributed by atoms with van der Waals surface area (Å²) in [4.78, 5) is 2.27. The fourth-order valence-electron chi connectivity index (χ4n) is 2.15. The van der Waals surface area contributed by atoms with E-state index in [9.17, 15) is 0 Å². The van der Waals surface area contributed by atoms with Crippen LogP contribution < -0.4 is 10.5 Å². The summed E-state index contributed by atoms with van der Waals surface area (Å²) in [5, 5.41) is 0.724. The number of ether oxygens (including phenoxy) is 2. The van der Waals surface area contributed by atoms with Crippen LogP contribution in [0.5, 0.6) is 5.75 Å². The Morgan fingerprint density at radius 3 is 3.00 bits per heavy atom. The van der Waals surface area contributed by atoms with Crippen LogP contribution in [0.1, 0.15) is 18.1 Å². The van der Waals surface area contributed by atoms with Gasteiger partial charge in [0.2, 0.25) is 0 Å². The van der Waals surface area contributed by atoms with E-state index in [1.165, 1.54) is 0 Å². The van der Waals surface area contributed by atoms with E-state index in [0.29, 0.717) is 19.9 Å². The molecule has 2 N–H and O–H groups in total. The number of hydrogen-bond acceptors (Lipinski definition) is 4. The third-order valence-corrected chi connectivity index (χ3v) is 3.26. The minimum atomic E-state index is 0.310. The summed E-state index contributed by atoms with van der Waals surface area (Å²) in [5.74, 6) is 0.918. The number of nitrogens with two attached hydrogens (primary N) is 1. The molecule has 0 unspecified atom stereocenters. The zero-order valence-electron chi connectivity index (χ0n) is 10.6. The molecule has 0 bridgehead atoms. The second-order valence-electron chi connectivity index (χ2n) is 4.32. The van der Waals surface area contributed by atoms with Crippen molar-refractivity contribution >= 4 is 11.6 Å². The zero-order chi connectivity index (χ0) is 13.0. The van der Waals surface area contributed by atoms with E-state index < -0.39 is 0 Å². The van der Waals surface area contributed by atoms with Gasteiger partial charge in [-0.3, -0.25) is 4.90 Å². The second-order valence-corrected chi connectivity index (χ2v) is 4.76. The van der Waals surface area contributed by atoms with Crippen molar-refractivity contribution in [3.05, 3.63) is 28.3 Å². The average molecular weight is 271 g/mol. The van der Waals surface area contributed by atoms with Gasteiger partial charge < -0.3 is 15.2 Å². The Kier molecular flexibility index (Phi) is 4.83. The van der Waals surface area contributed by atoms with Gasteiger partial charge in [0.1, 0.15) is 5.75 Å². The van der Waals surface area contributed by atoms with Crippen molar-refractivity contribution in [2.75, 3.05) is 26.4 Å². The maximum absolute atomic E-state index is 6.13. The number of nitrogens with zero attached hydrogens (tertiary/aromatic N) is 1. The lowest BCUT2D eigenvalue weighted by molar-refractivity contribution is -0.0174. The molecule has 1 aliphatic heterocycles. The Morgan fingerprint density at radius 1 is 1.44 bits per heavy atom. The van der Waals surface area contributed by atoms with Gasteiger partial charge in [0, 0.05) is 35.8 Å². The predicted octanol–water partition coefficient (Wildman–Crippen LogP) is 1.99. The van der Waals surface area contributed by atoms with Gasteiger partial charge in [-0.05, 0) is 18.7 Å². The number of fused-ring (bicyclic) bond motifs is 1.